The van der Waals surface area contributed by atoms with E-state index in [2.05, 4.69) is 27.6 Å². The maximum Gasteiger partial charge on any atom is 0.270 e. The summed E-state index contributed by atoms with van der Waals surface area (Å²) in [6.07, 6.45) is 0. The summed E-state index contributed by atoms with van der Waals surface area (Å²) in [7, 11) is 0. The highest BCUT2D eigenvalue weighted by Crippen LogP contribution is 2.43. The van der Waals surface area contributed by atoms with Gasteiger partial charge in [-0.15, -0.1) is 0 Å². The van der Waals surface area contributed by atoms with Gasteiger partial charge in [-0.05, 0) is 28.3 Å². The monoisotopic (exact) mass is 317 g/mol. The van der Waals surface area contributed by atoms with Gasteiger partial charge in [0, 0.05) is 6.92 Å². The Morgan fingerprint density at radius 2 is 1.58 bits per heavy atom. The average Bonchev–Trinajstić information content (AvgIpc) is 3.20. The Morgan fingerprint density at radius 3 is 2.12 bits per heavy atom. The Hall–Kier alpha value is -3.21. The van der Waals surface area contributed by atoms with Gasteiger partial charge in [0.2, 0.25) is 0 Å². The van der Waals surface area contributed by atoms with Gasteiger partial charge in [0.15, 0.2) is 5.78 Å². The molecule has 118 valence electrons. The second kappa shape index (κ2) is 5.45. The van der Waals surface area contributed by atoms with Crippen LogP contribution in [-0.4, -0.2) is 21.9 Å². The van der Waals surface area contributed by atoms with Crippen LogP contribution in [0.15, 0.2) is 54.6 Å². The summed E-state index contributed by atoms with van der Waals surface area (Å²) in [5.74, 6) is -0.464. The first-order chi connectivity index (χ1) is 11.6. The molecule has 0 spiro atoms. The molecule has 4 rings (SSSR count). The van der Waals surface area contributed by atoms with Crippen LogP contribution < -0.4 is 5.32 Å². The molecule has 24 heavy (non-hydrogen) atoms. The Morgan fingerprint density at radius 1 is 1.00 bits per heavy atom. The Balaban J connectivity index is 1.69. The molecule has 0 unspecified atom stereocenters. The largest absolute Gasteiger partial charge is 0.340 e. The smallest absolute Gasteiger partial charge is 0.270 e. The van der Waals surface area contributed by atoms with Crippen molar-refractivity contribution in [2.24, 2.45) is 0 Å². The van der Waals surface area contributed by atoms with Crippen LogP contribution in [-0.2, 0) is 0 Å². The molecule has 0 fully saturated rings. The number of aromatic nitrogens is 2. The van der Waals surface area contributed by atoms with E-state index in [-0.39, 0.29) is 29.1 Å². The first-order valence-electron chi connectivity index (χ1n) is 7.70. The molecule has 0 radical (unpaired) electrons. The number of Topliss-reactive ketones (excluding diaryl/α,β-unsaturated/α-hetero) is 1. The second-order valence-corrected chi connectivity index (χ2v) is 5.80. The van der Waals surface area contributed by atoms with E-state index in [0.717, 1.165) is 22.3 Å². The van der Waals surface area contributed by atoms with E-state index in [1.54, 1.807) is 0 Å². The van der Waals surface area contributed by atoms with Gasteiger partial charge < -0.3 is 5.32 Å². The number of ketones is 1. The molecule has 1 aliphatic carbocycles. The van der Waals surface area contributed by atoms with Crippen molar-refractivity contribution >= 4 is 11.7 Å². The van der Waals surface area contributed by atoms with E-state index < -0.39 is 0 Å². The number of rotatable bonds is 3. The molecule has 1 aliphatic rings. The molecule has 1 heterocycles. The molecular weight excluding hydrogens is 302 g/mol. The van der Waals surface area contributed by atoms with Crippen LogP contribution in [0.4, 0.5) is 0 Å². The summed E-state index contributed by atoms with van der Waals surface area (Å²) in [4.78, 5) is 23.9. The van der Waals surface area contributed by atoms with Gasteiger partial charge in [0.1, 0.15) is 11.4 Å². The van der Waals surface area contributed by atoms with Gasteiger partial charge in [0.05, 0.1) is 6.04 Å². The SMILES string of the molecule is CC(=O)c1cc(C(=O)NC2c3ccccc3-c3ccccc32)[nH]n1. The number of nitrogens with zero attached hydrogens (tertiary/aromatic N) is 1. The number of hydrogen-bond acceptors (Lipinski definition) is 3. The van der Waals surface area contributed by atoms with E-state index in [0.29, 0.717) is 0 Å². The highest BCUT2D eigenvalue weighted by Gasteiger charge is 2.29. The highest BCUT2D eigenvalue weighted by molar-refractivity contribution is 5.98. The molecule has 5 nitrogen and oxygen atoms in total. The van der Waals surface area contributed by atoms with Crippen molar-refractivity contribution in [3.8, 4) is 11.1 Å². The normalized spacial score (nSPS) is 12.5. The lowest BCUT2D eigenvalue weighted by Crippen LogP contribution is -2.28. The number of H-pyrrole nitrogens is 1. The lowest BCUT2D eigenvalue weighted by Gasteiger charge is -2.15. The van der Waals surface area contributed by atoms with Gasteiger partial charge in [-0.25, -0.2) is 0 Å². The van der Waals surface area contributed by atoms with Crippen LogP contribution in [0.3, 0.4) is 0 Å². The Bertz CT molecular complexity index is 913. The van der Waals surface area contributed by atoms with Crippen LogP contribution >= 0.6 is 0 Å². The quantitative estimate of drug-likeness (QED) is 0.729. The summed E-state index contributed by atoms with van der Waals surface area (Å²) in [5.41, 5.74) is 4.94. The zero-order valence-electron chi connectivity index (χ0n) is 13.0. The predicted octanol–water partition coefficient (Wildman–Crippen LogP) is 3.11. The number of hydrogen-bond donors (Lipinski definition) is 2. The van der Waals surface area contributed by atoms with Gasteiger partial charge in [-0.2, -0.15) is 5.10 Å². The molecule has 1 amide bonds. The van der Waals surface area contributed by atoms with Crippen molar-refractivity contribution in [2.45, 2.75) is 13.0 Å². The van der Waals surface area contributed by atoms with Gasteiger partial charge in [-0.1, -0.05) is 48.5 Å². The molecule has 0 aliphatic heterocycles. The molecule has 0 saturated heterocycles. The third kappa shape index (κ3) is 2.22. The van der Waals surface area contributed by atoms with Crippen molar-refractivity contribution in [3.63, 3.8) is 0 Å². The molecule has 0 atom stereocenters. The van der Waals surface area contributed by atoms with Crippen molar-refractivity contribution in [2.75, 3.05) is 0 Å². The third-order valence-electron chi connectivity index (χ3n) is 4.29. The number of nitrogens with one attached hydrogen (secondary N) is 2. The fourth-order valence-electron chi connectivity index (χ4n) is 3.14. The van der Waals surface area contributed by atoms with E-state index in [1.165, 1.54) is 13.0 Å². The number of amides is 1. The highest BCUT2D eigenvalue weighted by atomic mass is 16.2. The summed E-state index contributed by atoms with van der Waals surface area (Å²) in [6, 6.07) is 17.3. The number of aromatic amines is 1. The summed E-state index contributed by atoms with van der Waals surface area (Å²) in [5, 5.41) is 9.53. The number of fused-ring (bicyclic) bond motifs is 3. The lowest BCUT2D eigenvalue weighted by molar-refractivity contribution is 0.0938. The molecule has 0 bridgehead atoms. The second-order valence-electron chi connectivity index (χ2n) is 5.80. The van der Waals surface area contributed by atoms with E-state index in [4.69, 9.17) is 0 Å². The van der Waals surface area contributed by atoms with Crippen LogP contribution in [0.25, 0.3) is 11.1 Å². The van der Waals surface area contributed by atoms with E-state index in [9.17, 15) is 9.59 Å². The van der Waals surface area contributed by atoms with E-state index in [1.807, 2.05) is 36.4 Å². The van der Waals surface area contributed by atoms with Crippen molar-refractivity contribution in [3.05, 3.63) is 77.1 Å². The van der Waals surface area contributed by atoms with Crippen molar-refractivity contribution in [1.82, 2.24) is 15.5 Å². The number of carbonyl (C=O) groups is 2. The summed E-state index contributed by atoms with van der Waals surface area (Å²) < 4.78 is 0. The topological polar surface area (TPSA) is 74.8 Å². The van der Waals surface area contributed by atoms with Crippen LogP contribution in [0.5, 0.6) is 0 Å². The first-order valence-corrected chi connectivity index (χ1v) is 7.70. The van der Waals surface area contributed by atoms with Crippen molar-refractivity contribution in [1.29, 1.82) is 0 Å². The maximum atomic E-state index is 12.6. The average molecular weight is 317 g/mol. The van der Waals surface area contributed by atoms with Gasteiger partial charge in [0.25, 0.3) is 5.91 Å². The predicted molar refractivity (Wildman–Crippen MR) is 89.8 cm³/mol. The first kappa shape index (κ1) is 14.4. The maximum absolute atomic E-state index is 12.6. The summed E-state index contributed by atoms with van der Waals surface area (Å²) in [6.45, 7) is 1.42. The Kier molecular flexibility index (Phi) is 3.27. The third-order valence-corrected chi connectivity index (χ3v) is 4.29. The van der Waals surface area contributed by atoms with Crippen molar-refractivity contribution < 1.29 is 9.59 Å². The number of carbonyl (C=O) groups excluding carboxylic acids is 2. The fraction of sp³-hybridized carbons (Fsp3) is 0.105. The number of benzene rings is 2. The molecule has 5 heteroatoms. The van der Waals surface area contributed by atoms with E-state index >= 15 is 0 Å². The van der Waals surface area contributed by atoms with Crippen LogP contribution in [0.1, 0.15) is 45.1 Å². The van der Waals surface area contributed by atoms with Crippen LogP contribution in [0, 0.1) is 0 Å². The standard InChI is InChI=1S/C19H15N3O2/c1-11(23)16-10-17(22-21-16)19(24)20-18-14-8-4-2-6-12(14)13-7-3-5-9-15(13)18/h2-10,18H,1H3,(H,20,24)(H,21,22). The zero-order valence-corrected chi connectivity index (χ0v) is 13.0. The Labute approximate surface area is 138 Å². The molecule has 1 aromatic heterocycles. The minimum Gasteiger partial charge on any atom is -0.340 e. The van der Waals surface area contributed by atoms with Crippen LogP contribution in [0.2, 0.25) is 0 Å². The fourth-order valence-corrected chi connectivity index (χ4v) is 3.14. The molecule has 0 saturated carbocycles. The summed E-state index contributed by atoms with van der Waals surface area (Å²) >= 11 is 0. The minimum atomic E-state index is -0.286. The van der Waals surface area contributed by atoms with Gasteiger partial charge >= 0.3 is 0 Å². The molecule has 2 N–H and O–H groups in total. The zero-order chi connectivity index (χ0) is 16.7. The van der Waals surface area contributed by atoms with Gasteiger partial charge in [-0.3, -0.25) is 14.7 Å². The molecule has 2 aromatic carbocycles. The minimum absolute atomic E-state index is 0.179. The molecule has 3 aromatic rings. The molecular formula is C19H15N3O2. The lowest BCUT2D eigenvalue weighted by atomic mass is 10.1.